The van der Waals surface area contributed by atoms with Gasteiger partial charge < -0.3 is 9.88 Å². The third kappa shape index (κ3) is 6.66. The van der Waals surface area contributed by atoms with Crippen LogP contribution in [0.15, 0.2) is 95.9 Å². The van der Waals surface area contributed by atoms with Crippen LogP contribution in [0.4, 0.5) is 23.2 Å². The number of nitrogens with zero attached hydrogens (tertiary/aromatic N) is 2. The number of alkyl halides is 3. The Morgan fingerprint density at radius 2 is 1.61 bits per heavy atom. The van der Waals surface area contributed by atoms with Gasteiger partial charge in [0, 0.05) is 11.3 Å². The summed E-state index contributed by atoms with van der Waals surface area (Å²) in [6, 6.07) is 21.1. The molecule has 12 heteroatoms. The van der Waals surface area contributed by atoms with Crippen LogP contribution in [0.2, 0.25) is 0 Å². The van der Waals surface area contributed by atoms with E-state index in [9.17, 15) is 30.8 Å². The summed E-state index contributed by atoms with van der Waals surface area (Å²) in [4.78, 5) is 17.3. The lowest BCUT2D eigenvalue weighted by atomic mass is 10.1. The summed E-state index contributed by atoms with van der Waals surface area (Å²) in [5.74, 6) is -0.369. The Bertz CT molecular complexity index is 1900. The van der Waals surface area contributed by atoms with Crippen molar-refractivity contribution in [3.63, 3.8) is 0 Å². The summed E-state index contributed by atoms with van der Waals surface area (Å²) < 4.78 is 84.9. The van der Waals surface area contributed by atoms with E-state index in [1.165, 1.54) is 42.5 Å². The molecule has 7 nitrogen and oxygen atoms in total. The van der Waals surface area contributed by atoms with E-state index >= 15 is 0 Å². The number of aromatic nitrogens is 2. The van der Waals surface area contributed by atoms with Gasteiger partial charge in [-0.25, -0.2) is 9.37 Å². The Morgan fingerprint density at radius 3 is 2.23 bits per heavy atom. The van der Waals surface area contributed by atoms with Crippen molar-refractivity contribution in [2.75, 3.05) is 11.9 Å². The standard InChI is InChI=1S/C32H27F4N3O4S/c1-3-43-44(41,42)27-15-4-21(5-16-27)18-30(40)37-26-13-8-23(9-14-26)31-38-28-17-10-24(32(34,35)36)19-29(28)39(31)20(2)22-6-11-25(33)12-7-22/h4-17,19-20H,3,18H2,1-2H3,(H,37,40)/t20-/m1/s1. The van der Waals surface area contributed by atoms with E-state index < -0.39 is 33.7 Å². The molecule has 0 aliphatic heterocycles. The number of rotatable bonds is 9. The largest absolute Gasteiger partial charge is 0.416 e. The molecule has 1 heterocycles. The van der Waals surface area contributed by atoms with Gasteiger partial charge in [-0.05, 0) is 91.7 Å². The SMILES string of the molecule is CCOS(=O)(=O)c1ccc(CC(=O)Nc2ccc(-c3nc4ccc(C(F)(F)F)cc4n3[C@H](C)c3ccc(F)cc3)cc2)cc1. The maximum absolute atomic E-state index is 13.6. The molecule has 5 rings (SSSR count). The zero-order valence-corrected chi connectivity index (χ0v) is 24.4. The number of carbonyl (C=O) groups excluding carboxylic acids is 1. The fourth-order valence-electron chi connectivity index (χ4n) is 4.85. The van der Waals surface area contributed by atoms with Crippen molar-refractivity contribution >= 4 is 32.7 Å². The summed E-state index contributed by atoms with van der Waals surface area (Å²) in [6.07, 6.45) is -4.56. The van der Waals surface area contributed by atoms with Gasteiger partial charge >= 0.3 is 6.18 Å². The van der Waals surface area contributed by atoms with E-state index in [4.69, 9.17) is 4.18 Å². The number of fused-ring (bicyclic) bond motifs is 1. The van der Waals surface area contributed by atoms with E-state index in [2.05, 4.69) is 10.3 Å². The fourth-order valence-corrected chi connectivity index (χ4v) is 5.76. The summed E-state index contributed by atoms with van der Waals surface area (Å²) in [5.41, 5.74) is 2.15. The Hall–Kier alpha value is -4.55. The van der Waals surface area contributed by atoms with E-state index in [0.717, 1.165) is 12.1 Å². The Morgan fingerprint density at radius 1 is 0.955 bits per heavy atom. The number of hydrogen-bond donors (Lipinski definition) is 1. The molecular formula is C32H27F4N3O4S. The Labute approximate surface area is 251 Å². The number of halogens is 4. The number of benzene rings is 4. The molecule has 0 spiro atoms. The van der Waals surface area contributed by atoms with Crippen molar-refractivity contribution in [2.45, 2.75) is 37.4 Å². The molecule has 0 fully saturated rings. The van der Waals surface area contributed by atoms with Crippen molar-refractivity contribution < 1.29 is 35.0 Å². The van der Waals surface area contributed by atoms with Crippen LogP contribution in [0, 0.1) is 5.82 Å². The number of amides is 1. The van der Waals surface area contributed by atoms with Crippen LogP contribution >= 0.6 is 0 Å². The van der Waals surface area contributed by atoms with Crippen LogP contribution in [-0.4, -0.2) is 30.5 Å². The predicted octanol–water partition coefficient (Wildman–Crippen LogP) is 7.38. The van der Waals surface area contributed by atoms with E-state index in [1.807, 2.05) is 0 Å². The van der Waals surface area contributed by atoms with Crippen molar-refractivity contribution in [2.24, 2.45) is 0 Å². The minimum Gasteiger partial charge on any atom is -0.326 e. The minimum atomic E-state index is -4.55. The van der Waals surface area contributed by atoms with Crippen LogP contribution in [0.5, 0.6) is 0 Å². The number of carbonyl (C=O) groups is 1. The summed E-state index contributed by atoms with van der Waals surface area (Å²) >= 11 is 0. The van der Waals surface area contributed by atoms with Gasteiger partial charge in [-0.2, -0.15) is 21.6 Å². The van der Waals surface area contributed by atoms with Crippen LogP contribution < -0.4 is 5.32 Å². The molecule has 44 heavy (non-hydrogen) atoms. The highest BCUT2D eigenvalue weighted by atomic mass is 32.2. The summed E-state index contributed by atoms with van der Waals surface area (Å²) in [5, 5.41) is 2.78. The zero-order chi connectivity index (χ0) is 31.6. The van der Waals surface area contributed by atoms with Crippen LogP contribution in [0.1, 0.15) is 36.6 Å². The van der Waals surface area contributed by atoms with Crippen LogP contribution in [-0.2, 0) is 31.7 Å². The molecular weight excluding hydrogens is 598 g/mol. The summed E-state index contributed by atoms with van der Waals surface area (Å²) in [7, 11) is -3.85. The highest BCUT2D eigenvalue weighted by Gasteiger charge is 2.31. The molecule has 1 atom stereocenters. The Balaban J connectivity index is 1.40. The molecule has 1 amide bonds. The average molecular weight is 626 g/mol. The van der Waals surface area contributed by atoms with Gasteiger partial charge in [0.2, 0.25) is 5.91 Å². The third-order valence-electron chi connectivity index (χ3n) is 7.03. The van der Waals surface area contributed by atoms with Crippen molar-refractivity contribution in [3.05, 3.63) is 114 Å². The quantitative estimate of drug-likeness (QED) is 0.136. The fraction of sp³-hybridized carbons (Fsp3) is 0.188. The zero-order valence-electron chi connectivity index (χ0n) is 23.6. The number of anilines is 1. The molecule has 0 bridgehead atoms. The second-order valence-electron chi connectivity index (χ2n) is 10.0. The maximum atomic E-state index is 13.6. The van der Waals surface area contributed by atoms with Crippen molar-refractivity contribution in [1.29, 1.82) is 0 Å². The first-order chi connectivity index (χ1) is 20.9. The topological polar surface area (TPSA) is 90.3 Å². The first-order valence-corrected chi connectivity index (χ1v) is 15.0. The second kappa shape index (κ2) is 12.2. The van der Waals surface area contributed by atoms with Gasteiger partial charge in [-0.1, -0.05) is 24.3 Å². The van der Waals surface area contributed by atoms with Gasteiger partial charge in [-0.3, -0.25) is 8.98 Å². The first kappa shape index (κ1) is 30.9. The first-order valence-electron chi connectivity index (χ1n) is 13.6. The number of imidazole rings is 1. The molecule has 5 aromatic rings. The van der Waals surface area contributed by atoms with Crippen molar-refractivity contribution in [1.82, 2.24) is 9.55 Å². The highest BCUT2D eigenvalue weighted by Crippen LogP contribution is 2.36. The normalized spacial score (nSPS) is 12.8. The molecule has 4 aromatic carbocycles. The smallest absolute Gasteiger partial charge is 0.326 e. The van der Waals surface area contributed by atoms with Gasteiger partial charge in [0.15, 0.2) is 0 Å². The molecule has 1 aromatic heterocycles. The molecule has 1 N–H and O–H groups in total. The lowest BCUT2D eigenvalue weighted by Crippen LogP contribution is -2.14. The van der Waals surface area contributed by atoms with E-state index in [0.29, 0.717) is 33.7 Å². The van der Waals surface area contributed by atoms with Gasteiger partial charge in [0.25, 0.3) is 10.1 Å². The van der Waals surface area contributed by atoms with E-state index in [1.54, 1.807) is 54.8 Å². The monoisotopic (exact) mass is 625 g/mol. The molecule has 0 saturated carbocycles. The molecule has 228 valence electrons. The molecule has 0 radical (unpaired) electrons. The number of nitrogens with one attached hydrogen (secondary N) is 1. The molecule has 0 aliphatic carbocycles. The summed E-state index contributed by atoms with van der Waals surface area (Å²) in [6.45, 7) is 3.38. The second-order valence-corrected chi connectivity index (χ2v) is 11.7. The van der Waals surface area contributed by atoms with Crippen molar-refractivity contribution in [3.8, 4) is 11.4 Å². The Kier molecular flexibility index (Phi) is 8.57. The average Bonchev–Trinajstić information content (AvgIpc) is 3.36. The number of hydrogen-bond acceptors (Lipinski definition) is 5. The van der Waals surface area contributed by atoms with Gasteiger partial charge in [-0.15, -0.1) is 0 Å². The molecule has 0 aliphatic rings. The lowest BCUT2D eigenvalue weighted by Gasteiger charge is -2.19. The third-order valence-corrected chi connectivity index (χ3v) is 8.43. The van der Waals surface area contributed by atoms with Gasteiger partial charge in [0.1, 0.15) is 11.6 Å². The van der Waals surface area contributed by atoms with E-state index in [-0.39, 0.29) is 29.3 Å². The molecule has 0 unspecified atom stereocenters. The minimum absolute atomic E-state index is 0.00602. The molecule has 0 saturated heterocycles. The predicted molar refractivity (Wildman–Crippen MR) is 158 cm³/mol. The lowest BCUT2D eigenvalue weighted by molar-refractivity contribution is -0.137. The highest BCUT2D eigenvalue weighted by molar-refractivity contribution is 7.86. The van der Waals surface area contributed by atoms with Crippen LogP contribution in [0.25, 0.3) is 22.4 Å². The van der Waals surface area contributed by atoms with Gasteiger partial charge in [0.05, 0.1) is 40.6 Å². The maximum Gasteiger partial charge on any atom is 0.416 e. The van der Waals surface area contributed by atoms with Crippen LogP contribution in [0.3, 0.4) is 0 Å².